The van der Waals surface area contributed by atoms with Gasteiger partial charge in [-0.05, 0) is 221 Å². The average Bonchev–Trinajstić information content (AvgIpc) is 1.50. The smallest absolute Gasteiger partial charge is 0.444 e. The molecule has 28 heteroatoms. The predicted octanol–water partition coefficient (Wildman–Crippen LogP) is 12.8. The van der Waals surface area contributed by atoms with Crippen LogP contribution in [0.3, 0.4) is 0 Å². The van der Waals surface area contributed by atoms with E-state index in [0.717, 1.165) is 95.7 Å². The van der Waals surface area contributed by atoms with Crippen LogP contribution in [-0.4, -0.2) is 182 Å². The number of rotatable bonds is 14. The molecule has 5 fully saturated rings. The molecule has 0 bridgehead atoms. The largest absolute Gasteiger partial charge is 0.494 e. The molecule has 2 atom stereocenters. The van der Waals surface area contributed by atoms with Gasteiger partial charge in [-0.3, -0.25) is 18.7 Å². The summed E-state index contributed by atoms with van der Waals surface area (Å²) < 4.78 is 38.8. The molecule has 6 N–H and O–H groups in total. The summed E-state index contributed by atoms with van der Waals surface area (Å²) in [6, 6.07) is 47.5. The molecule has 3 aliphatic heterocycles. The number of carbonyl (C=O) groups is 4. The number of hydrogen-bond acceptors (Lipinski definition) is 20. The van der Waals surface area contributed by atoms with Crippen molar-refractivity contribution >= 4 is 93.5 Å². The molecular formula is C84H100BClN16O10. The standard InChI is InChI=1S/C39H44N8O4.C26H27ClN6O2.C19H29BN2O4/c1-38(2,3)51-37(49)44-39(18-8-19-39)26-12-14-27(15-13-26)47-34(29-11-7-20-41-33(29)40)43-31-17-16-30(42-35(31)47)25-9-6-10-28(23-25)46-21-22-50-32(24-46)36(48)45(4)5;1-25(2,3)35-24(34)32-26(13-5-14-26)16-7-9-17(10-8-16)33-22(18-6-4-15-29-21(18)28)30-19-11-12-20(27)31-23(19)33;1-18(2)19(3,4)26-20(25-18)14-8-7-9-15(12-14)22-10-11-24-16(13-22)17(23)21(5)6/h6-7,9-17,20,23,32H,8,18-19,21-22,24H2,1-5H3,(H2,40,41)(H,44,49);4,6-12,15H,5,13-14H2,1-3H3,(H2,28,29)(H,32,34);7-9,12,16H,10-11,13H2,1-6H3. The lowest BCUT2D eigenvalue weighted by Crippen LogP contribution is -2.52. The summed E-state index contributed by atoms with van der Waals surface area (Å²) in [7, 11) is 6.61. The SMILES string of the molecule is CC(C)(C)OC(=O)NC1(c2ccc(-n3c(-c4cccnc4N)nc4ccc(Cl)nc43)cc2)CCC1.CN(C)C(=O)C1CN(c2cccc(-c3ccc4nc(-c5cccnc5N)n(-c5ccc(C6(NC(=O)OC(C)(C)C)CCC6)cc5)c4n3)c2)CCO1.CN(C)C(=O)C1CN(c2cccc(B3OC(C)(C)C(C)(C)O3)c2)CCO1. The number of hydrogen-bond donors (Lipinski definition) is 4. The maximum Gasteiger partial charge on any atom is 0.494 e. The molecule has 4 aromatic carbocycles. The van der Waals surface area contributed by atoms with Crippen molar-refractivity contribution in [3.05, 3.63) is 174 Å². The molecule has 0 spiro atoms. The third-order valence-electron chi connectivity index (χ3n) is 21.2. The van der Waals surface area contributed by atoms with Gasteiger partial charge in [0.15, 0.2) is 35.2 Å². The van der Waals surface area contributed by atoms with Crippen LogP contribution in [0.15, 0.2) is 158 Å². The van der Waals surface area contributed by atoms with Gasteiger partial charge in [-0.15, -0.1) is 0 Å². The molecule has 2 saturated carbocycles. The number of likely N-dealkylation sites (N-methyl/N-ethyl adjacent to an activating group) is 2. The van der Waals surface area contributed by atoms with Crippen molar-refractivity contribution in [2.24, 2.45) is 0 Å². The van der Waals surface area contributed by atoms with E-state index in [0.29, 0.717) is 94.7 Å². The molecule has 112 heavy (non-hydrogen) atoms. The van der Waals surface area contributed by atoms with E-state index < -0.39 is 46.7 Å². The van der Waals surface area contributed by atoms with E-state index in [4.69, 9.17) is 66.3 Å². The van der Waals surface area contributed by atoms with Gasteiger partial charge in [0, 0.05) is 82.0 Å². The molecular weight excluding hydrogens is 1440 g/mol. The monoisotopic (exact) mass is 1540 g/mol. The van der Waals surface area contributed by atoms with Crippen molar-refractivity contribution in [2.45, 2.75) is 153 Å². The summed E-state index contributed by atoms with van der Waals surface area (Å²) in [4.78, 5) is 85.8. The quantitative estimate of drug-likeness (QED) is 0.0581. The Kier molecular flexibility index (Phi) is 22.6. The van der Waals surface area contributed by atoms with Crippen molar-refractivity contribution < 1.29 is 47.4 Å². The minimum atomic E-state index is -0.586. The van der Waals surface area contributed by atoms with Crippen LogP contribution >= 0.6 is 11.6 Å². The first-order valence-electron chi connectivity index (χ1n) is 38.0. The Labute approximate surface area is 659 Å². The minimum absolute atomic E-state index is 0.00295. The highest BCUT2D eigenvalue weighted by Gasteiger charge is 2.52. The second-order valence-electron chi connectivity index (χ2n) is 32.5. The van der Waals surface area contributed by atoms with Gasteiger partial charge in [-0.25, -0.2) is 39.5 Å². The Morgan fingerprint density at radius 2 is 0.973 bits per heavy atom. The van der Waals surface area contributed by atoms with Gasteiger partial charge in [0.05, 0.1) is 65.4 Å². The number of morpholine rings is 2. The van der Waals surface area contributed by atoms with Crippen molar-refractivity contribution in [1.82, 2.24) is 59.5 Å². The number of nitrogen functional groups attached to an aromatic ring is 2. The van der Waals surface area contributed by atoms with Gasteiger partial charge < -0.3 is 70.0 Å². The van der Waals surface area contributed by atoms with Gasteiger partial charge in [-0.1, -0.05) is 60.1 Å². The van der Waals surface area contributed by atoms with Crippen LogP contribution in [0.5, 0.6) is 0 Å². The number of carbonyl (C=O) groups excluding carboxylic acids is 4. The van der Waals surface area contributed by atoms with E-state index in [1.165, 1.54) is 0 Å². The van der Waals surface area contributed by atoms with Gasteiger partial charge in [0.1, 0.15) is 39.0 Å². The summed E-state index contributed by atoms with van der Waals surface area (Å²) in [6.07, 6.45) is 6.96. The lowest BCUT2D eigenvalue weighted by atomic mass is 9.72. The molecule has 5 aliphatic rings. The minimum Gasteiger partial charge on any atom is -0.444 e. The van der Waals surface area contributed by atoms with Gasteiger partial charge in [-0.2, -0.15) is 0 Å². The fourth-order valence-corrected chi connectivity index (χ4v) is 14.5. The molecule has 15 rings (SSSR count). The van der Waals surface area contributed by atoms with Crippen molar-refractivity contribution in [3.63, 3.8) is 0 Å². The number of pyridine rings is 4. The van der Waals surface area contributed by atoms with E-state index in [1.54, 1.807) is 56.5 Å². The molecule has 3 saturated heterocycles. The van der Waals surface area contributed by atoms with Gasteiger partial charge in [0.25, 0.3) is 11.8 Å². The van der Waals surface area contributed by atoms with Crippen LogP contribution in [0, 0.1) is 0 Å². The van der Waals surface area contributed by atoms with Crippen molar-refractivity contribution in [1.29, 1.82) is 0 Å². The molecule has 586 valence electrons. The number of alkyl carbamates (subject to hydrolysis) is 2. The normalized spacial score (nSPS) is 18.2. The van der Waals surface area contributed by atoms with Gasteiger partial charge in [0.2, 0.25) is 0 Å². The second-order valence-corrected chi connectivity index (χ2v) is 32.8. The maximum absolute atomic E-state index is 12.8. The first-order valence-corrected chi connectivity index (χ1v) is 38.4. The summed E-state index contributed by atoms with van der Waals surface area (Å²) in [5.41, 5.74) is 22.3. The van der Waals surface area contributed by atoms with Gasteiger partial charge >= 0.3 is 19.3 Å². The highest BCUT2D eigenvalue weighted by Crippen LogP contribution is 2.45. The van der Waals surface area contributed by atoms with E-state index in [1.807, 2.05) is 160 Å². The zero-order valence-corrected chi connectivity index (χ0v) is 67.0. The Morgan fingerprint density at radius 1 is 0.536 bits per heavy atom. The summed E-state index contributed by atoms with van der Waals surface area (Å²) in [6.45, 7) is 22.8. The van der Waals surface area contributed by atoms with E-state index in [2.05, 4.69) is 93.4 Å². The Balaban J connectivity index is 0.000000156. The van der Waals surface area contributed by atoms with Crippen LogP contribution in [0.1, 0.15) is 119 Å². The number of nitrogens with zero attached hydrogens (tertiary/aromatic N) is 12. The number of amides is 4. The first kappa shape index (κ1) is 79.4. The van der Waals surface area contributed by atoms with Crippen LogP contribution in [0.2, 0.25) is 5.15 Å². The summed E-state index contributed by atoms with van der Waals surface area (Å²) in [5, 5.41) is 6.63. The predicted molar refractivity (Wildman–Crippen MR) is 437 cm³/mol. The lowest BCUT2D eigenvalue weighted by molar-refractivity contribution is -0.142. The van der Waals surface area contributed by atoms with Crippen LogP contribution in [0.25, 0.3) is 67.7 Å². The van der Waals surface area contributed by atoms with Crippen LogP contribution in [0.4, 0.5) is 32.6 Å². The fraction of sp³-hybridized carbons (Fsp3) is 0.405. The molecule has 4 amide bonds. The number of benzene rings is 4. The highest BCUT2D eigenvalue weighted by atomic mass is 35.5. The number of imidazole rings is 2. The number of aromatic nitrogens is 8. The molecule has 0 radical (unpaired) electrons. The van der Waals surface area contributed by atoms with E-state index in [9.17, 15) is 19.2 Å². The molecule has 9 heterocycles. The summed E-state index contributed by atoms with van der Waals surface area (Å²) in [5.74, 6) is 1.94. The average molecular weight is 1540 g/mol. The lowest BCUT2D eigenvalue weighted by Gasteiger charge is -2.43. The molecule has 2 aliphatic carbocycles. The molecule has 2 unspecified atom stereocenters. The van der Waals surface area contributed by atoms with E-state index >= 15 is 0 Å². The Hall–Kier alpha value is -10.7. The third kappa shape index (κ3) is 17.2. The number of halogens is 1. The highest BCUT2D eigenvalue weighted by molar-refractivity contribution is 6.62. The number of ether oxygens (including phenoxy) is 4. The number of nitrogens with one attached hydrogen (secondary N) is 2. The number of nitrogens with two attached hydrogens (primary N) is 2. The third-order valence-corrected chi connectivity index (χ3v) is 21.4. The first-order chi connectivity index (χ1) is 53.2. The fourth-order valence-electron chi connectivity index (χ4n) is 14.4. The molecule has 26 nitrogen and oxygen atoms in total. The second kappa shape index (κ2) is 31.8. The zero-order valence-electron chi connectivity index (χ0n) is 66.2. The van der Waals surface area contributed by atoms with Crippen LogP contribution < -0.4 is 37.4 Å². The zero-order chi connectivity index (χ0) is 79.8. The Bertz CT molecular complexity index is 5090. The topological polar surface area (TPSA) is 300 Å². The summed E-state index contributed by atoms with van der Waals surface area (Å²) >= 11 is 6.23. The van der Waals surface area contributed by atoms with E-state index in [-0.39, 0.29) is 30.1 Å². The Morgan fingerprint density at radius 3 is 1.40 bits per heavy atom. The number of anilines is 4. The van der Waals surface area contributed by atoms with Crippen LogP contribution in [-0.2, 0) is 48.9 Å². The molecule has 6 aromatic heterocycles. The maximum atomic E-state index is 12.8. The van der Waals surface area contributed by atoms with Crippen molar-refractivity contribution in [2.75, 3.05) is 88.9 Å². The molecule has 10 aromatic rings. The van der Waals surface area contributed by atoms with Crippen molar-refractivity contribution in [3.8, 4) is 45.4 Å². The number of fused-ring (bicyclic) bond motifs is 2.